The predicted molar refractivity (Wildman–Crippen MR) is 42.2 cm³/mol. The monoisotopic (exact) mass is 146 g/mol. The average Bonchev–Trinajstić information content (AvgIpc) is 2.50. The fourth-order valence-corrected chi connectivity index (χ4v) is 1.08. The van der Waals surface area contributed by atoms with Crippen molar-refractivity contribution in [3.8, 4) is 0 Å². The molecule has 0 aliphatic carbocycles. The normalized spacial score (nSPS) is 10.6. The Labute approximate surface area is 64.9 Å². The van der Waals surface area contributed by atoms with Crippen LogP contribution in [0, 0.1) is 6.39 Å². The zero-order chi connectivity index (χ0) is 7.68. The molecule has 1 heterocycles. The molecule has 2 nitrogen and oxygen atoms in total. The molecule has 55 valence electrons. The second-order valence-corrected chi connectivity index (χ2v) is 2.46. The van der Waals surface area contributed by atoms with E-state index in [2.05, 4.69) is 18.3 Å². The lowest BCUT2D eigenvalue weighted by Crippen LogP contribution is -1.77. The van der Waals surface area contributed by atoms with Crippen molar-refractivity contribution in [2.45, 2.75) is 13.3 Å². The van der Waals surface area contributed by atoms with Gasteiger partial charge in [0.05, 0.1) is 0 Å². The highest BCUT2D eigenvalue weighted by Crippen LogP contribution is 2.13. The first kappa shape index (κ1) is 6.40. The van der Waals surface area contributed by atoms with E-state index in [1.165, 1.54) is 5.56 Å². The van der Waals surface area contributed by atoms with Crippen LogP contribution in [0.1, 0.15) is 12.5 Å². The van der Waals surface area contributed by atoms with Gasteiger partial charge in [-0.25, -0.2) is 4.98 Å². The van der Waals surface area contributed by atoms with Crippen molar-refractivity contribution in [2.75, 3.05) is 0 Å². The Balaban J connectivity index is 2.67. The van der Waals surface area contributed by atoms with Crippen LogP contribution in [0.4, 0.5) is 0 Å². The smallest absolute Gasteiger partial charge is 0.284 e. The second-order valence-electron chi connectivity index (χ2n) is 2.46. The maximum Gasteiger partial charge on any atom is 0.284 e. The van der Waals surface area contributed by atoms with Gasteiger partial charge in [0.15, 0.2) is 5.58 Å². The number of hydrogen-bond donors (Lipinski definition) is 0. The minimum atomic E-state index is 0.808. The van der Waals surface area contributed by atoms with Crippen molar-refractivity contribution in [2.24, 2.45) is 0 Å². The van der Waals surface area contributed by atoms with E-state index < -0.39 is 0 Å². The molecule has 0 fully saturated rings. The van der Waals surface area contributed by atoms with E-state index in [-0.39, 0.29) is 0 Å². The van der Waals surface area contributed by atoms with E-state index in [0.717, 1.165) is 17.5 Å². The Bertz CT molecular complexity index is 364. The summed E-state index contributed by atoms with van der Waals surface area (Å²) in [6.07, 6.45) is 3.49. The number of oxazole rings is 1. The van der Waals surface area contributed by atoms with Crippen molar-refractivity contribution in [3.05, 3.63) is 30.2 Å². The van der Waals surface area contributed by atoms with Gasteiger partial charge in [-0.15, -0.1) is 0 Å². The molecular formula is C9H8NO. The molecule has 0 amide bonds. The van der Waals surface area contributed by atoms with Crippen LogP contribution >= 0.6 is 0 Å². The van der Waals surface area contributed by atoms with Crippen LogP contribution in [0.2, 0.25) is 0 Å². The van der Waals surface area contributed by atoms with Crippen LogP contribution in [0.5, 0.6) is 0 Å². The van der Waals surface area contributed by atoms with Crippen molar-refractivity contribution < 1.29 is 4.42 Å². The van der Waals surface area contributed by atoms with E-state index in [0.29, 0.717) is 0 Å². The lowest BCUT2D eigenvalue weighted by Gasteiger charge is -1.92. The van der Waals surface area contributed by atoms with Crippen LogP contribution in [0.25, 0.3) is 11.1 Å². The molecule has 0 spiro atoms. The van der Waals surface area contributed by atoms with Crippen molar-refractivity contribution >= 4 is 11.1 Å². The molecule has 1 aromatic carbocycles. The van der Waals surface area contributed by atoms with Crippen molar-refractivity contribution in [1.29, 1.82) is 0 Å². The molecule has 0 bridgehead atoms. The van der Waals surface area contributed by atoms with E-state index in [1.807, 2.05) is 18.2 Å². The summed E-state index contributed by atoms with van der Waals surface area (Å²) in [7, 11) is 0. The Kier molecular flexibility index (Phi) is 1.39. The van der Waals surface area contributed by atoms with Crippen molar-refractivity contribution in [1.82, 2.24) is 4.98 Å². The number of aromatic nitrogens is 1. The molecule has 0 saturated heterocycles. The highest BCUT2D eigenvalue weighted by Gasteiger charge is 1.97. The fraction of sp³-hybridized carbons (Fsp3) is 0.222. The minimum Gasteiger partial charge on any atom is -0.432 e. The molecule has 0 aliphatic heterocycles. The highest BCUT2D eigenvalue weighted by molar-refractivity contribution is 5.72. The molecule has 0 saturated carbocycles. The molecule has 2 rings (SSSR count). The number of fused-ring (bicyclic) bond motifs is 1. The van der Waals surface area contributed by atoms with Crippen LogP contribution in [0.3, 0.4) is 0 Å². The molecule has 2 heteroatoms. The predicted octanol–water partition coefficient (Wildman–Crippen LogP) is 2.19. The van der Waals surface area contributed by atoms with Gasteiger partial charge in [-0.2, -0.15) is 0 Å². The van der Waals surface area contributed by atoms with Gasteiger partial charge in [-0.1, -0.05) is 13.0 Å². The lowest BCUT2D eigenvalue weighted by molar-refractivity contribution is 0.591. The van der Waals surface area contributed by atoms with Crippen molar-refractivity contribution in [3.63, 3.8) is 0 Å². The van der Waals surface area contributed by atoms with Gasteiger partial charge in [0, 0.05) is 0 Å². The van der Waals surface area contributed by atoms with Gasteiger partial charge in [-0.3, -0.25) is 0 Å². The highest BCUT2D eigenvalue weighted by atomic mass is 16.3. The zero-order valence-corrected chi connectivity index (χ0v) is 6.29. The SMILES string of the molecule is CCc1ccc2o[c]nc2c1. The Morgan fingerprint density at radius 1 is 1.55 bits per heavy atom. The van der Waals surface area contributed by atoms with Gasteiger partial charge in [0.25, 0.3) is 6.39 Å². The number of nitrogens with zero attached hydrogens (tertiary/aromatic N) is 1. The molecule has 0 N–H and O–H groups in total. The standard InChI is InChI=1S/C9H8NO/c1-2-7-3-4-9-8(5-7)10-6-11-9/h3-5H,2H2,1H3. The summed E-state index contributed by atoms with van der Waals surface area (Å²) in [4.78, 5) is 3.94. The number of hydrogen-bond acceptors (Lipinski definition) is 2. The second kappa shape index (κ2) is 2.38. The topological polar surface area (TPSA) is 26.0 Å². The summed E-state index contributed by atoms with van der Waals surface area (Å²) < 4.78 is 4.98. The first-order valence-corrected chi connectivity index (χ1v) is 3.65. The molecular weight excluding hydrogens is 138 g/mol. The van der Waals surface area contributed by atoms with Gasteiger partial charge < -0.3 is 4.42 Å². The third-order valence-corrected chi connectivity index (χ3v) is 1.75. The first-order chi connectivity index (χ1) is 5.40. The summed E-state index contributed by atoms with van der Waals surface area (Å²) in [5.74, 6) is 0. The molecule has 11 heavy (non-hydrogen) atoms. The summed E-state index contributed by atoms with van der Waals surface area (Å²) in [5, 5.41) is 0. The number of rotatable bonds is 1. The summed E-state index contributed by atoms with van der Waals surface area (Å²) in [6.45, 7) is 2.12. The van der Waals surface area contributed by atoms with E-state index >= 15 is 0 Å². The Morgan fingerprint density at radius 3 is 3.27 bits per heavy atom. The van der Waals surface area contributed by atoms with Crippen LogP contribution in [0.15, 0.2) is 22.6 Å². The number of benzene rings is 1. The minimum absolute atomic E-state index is 0.808. The van der Waals surface area contributed by atoms with E-state index in [4.69, 9.17) is 4.42 Å². The van der Waals surface area contributed by atoms with Gasteiger partial charge in [-0.05, 0) is 24.1 Å². The van der Waals surface area contributed by atoms with Gasteiger partial charge >= 0.3 is 0 Å². The zero-order valence-electron chi connectivity index (χ0n) is 6.29. The maximum absolute atomic E-state index is 4.98. The quantitative estimate of drug-likeness (QED) is 0.616. The van der Waals surface area contributed by atoms with Gasteiger partial charge in [0.1, 0.15) is 5.52 Å². The van der Waals surface area contributed by atoms with Crippen LogP contribution < -0.4 is 0 Å². The third-order valence-electron chi connectivity index (χ3n) is 1.75. The molecule has 2 aromatic rings. The maximum atomic E-state index is 4.98. The largest absolute Gasteiger partial charge is 0.432 e. The van der Waals surface area contributed by atoms with Crippen LogP contribution in [-0.4, -0.2) is 4.98 Å². The fourth-order valence-electron chi connectivity index (χ4n) is 1.08. The Hall–Kier alpha value is -1.31. The molecule has 0 atom stereocenters. The Morgan fingerprint density at radius 2 is 2.45 bits per heavy atom. The summed E-state index contributed by atoms with van der Waals surface area (Å²) >= 11 is 0. The third kappa shape index (κ3) is 1.00. The number of aryl methyl sites for hydroxylation is 1. The van der Waals surface area contributed by atoms with Gasteiger partial charge in [0.2, 0.25) is 0 Å². The molecule has 0 unspecified atom stereocenters. The summed E-state index contributed by atoms with van der Waals surface area (Å²) in [5.41, 5.74) is 2.98. The summed E-state index contributed by atoms with van der Waals surface area (Å²) in [6, 6.07) is 5.99. The average molecular weight is 146 g/mol. The molecule has 1 radical (unpaired) electrons. The van der Waals surface area contributed by atoms with Crippen LogP contribution in [-0.2, 0) is 6.42 Å². The first-order valence-electron chi connectivity index (χ1n) is 3.65. The molecule has 1 aromatic heterocycles. The lowest BCUT2D eigenvalue weighted by atomic mass is 10.1. The van der Waals surface area contributed by atoms with E-state index in [1.54, 1.807) is 0 Å². The van der Waals surface area contributed by atoms with E-state index in [9.17, 15) is 0 Å². The molecule has 0 aliphatic rings.